The van der Waals surface area contributed by atoms with E-state index >= 15 is 0 Å². The minimum Gasteiger partial charge on any atom is -0.386 e. The molecular weight excluding hydrogens is 375 g/mol. The van der Waals surface area contributed by atoms with E-state index in [0.29, 0.717) is 27.1 Å². The molecule has 0 amide bonds. The van der Waals surface area contributed by atoms with E-state index in [2.05, 4.69) is 20.3 Å². The fourth-order valence-electron chi connectivity index (χ4n) is 2.07. The van der Waals surface area contributed by atoms with Gasteiger partial charge in [0.25, 0.3) is 0 Å². The van der Waals surface area contributed by atoms with Gasteiger partial charge in [-0.15, -0.1) is 11.3 Å². The molecule has 120 valence electrons. The van der Waals surface area contributed by atoms with E-state index in [0.717, 1.165) is 9.04 Å². The molecule has 0 spiro atoms. The van der Waals surface area contributed by atoms with Crippen LogP contribution in [0.2, 0.25) is 10.0 Å². The molecule has 1 atom stereocenters. The molecule has 3 aromatic rings. The highest BCUT2D eigenvalue weighted by molar-refractivity contribution is 8.00. The molecule has 23 heavy (non-hydrogen) atoms. The number of nitrogens with one attached hydrogen (secondary N) is 1. The summed E-state index contributed by atoms with van der Waals surface area (Å²) in [5.41, 5.74) is 1.14. The normalized spacial score (nSPS) is 12.5. The van der Waals surface area contributed by atoms with Crippen molar-refractivity contribution in [3.05, 3.63) is 40.1 Å². The lowest BCUT2D eigenvalue weighted by Gasteiger charge is -2.15. The smallest absolute Gasteiger partial charge is 0.176 e. The zero-order chi connectivity index (χ0) is 16.4. The maximum absolute atomic E-state index is 10.4. The second-order valence-corrected chi connectivity index (χ2v) is 7.46. The van der Waals surface area contributed by atoms with Gasteiger partial charge >= 0.3 is 0 Å². The Labute approximate surface area is 151 Å². The van der Waals surface area contributed by atoms with Crippen molar-refractivity contribution >= 4 is 62.5 Å². The standard InChI is InChI=1S/C14H12Cl2N4OS2/c1-22-14-20-13-11(23-14)12(18-6-19-13)17-5-9(21)10-7(15)3-2-4-8(10)16/h2-4,6,9,21H,5H2,1H3,(H,17,18,19). The van der Waals surface area contributed by atoms with E-state index in [1.807, 2.05) is 6.26 Å². The molecule has 5 nitrogen and oxygen atoms in total. The number of thiazole rings is 1. The van der Waals surface area contributed by atoms with Crippen LogP contribution in [0.4, 0.5) is 5.82 Å². The Morgan fingerprint density at radius 3 is 2.74 bits per heavy atom. The Bertz CT molecular complexity index is 823. The lowest BCUT2D eigenvalue weighted by Crippen LogP contribution is -2.14. The third kappa shape index (κ3) is 3.54. The lowest BCUT2D eigenvalue weighted by molar-refractivity contribution is 0.192. The minimum absolute atomic E-state index is 0.224. The summed E-state index contributed by atoms with van der Waals surface area (Å²) in [6.45, 7) is 0.224. The van der Waals surface area contributed by atoms with E-state index in [4.69, 9.17) is 23.2 Å². The maximum Gasteiger partial charge on any atom is 0.176 e. The molecule has 2 N–H and O–H groups in total. The van der Waals surface area contributed by atoms with Crippen LogP contribution < -0.4 is 5.32 Å². The van der Waals surface area contributed by atoms with Gasteiger partial charge in [0.05, 0.1) is 6.10 Å². The molecule has 0 bridgehead atoms. The molecular formula is C14H12Cl2N4OS2. The summed E-state index contributed by atoms with van der Waals surface area (Å²) in [6, 6.07) is 5.13. The van der Waals surface area contributed by atoms with Gasteiger partial charge in [0.1, 0.15) is 16.8 Å². The van der Waals surface area contributed by atoms with Crippen LogP contribution in [0.1, 0.15) is 11.7 Å². The predicted molar refractivity (Wildman–Crippen MR) is 96.9 cm³/mol. The average molecular weight is 387 g/mol. The van der Waals surface area contributed by atoms with Gasteiger partial charge in [0.15, 0.2) is 9.99 Å². The molecule has 0 radical (unpaired) electrons. The Hall–Kier alpha value is -1.12. The van der Waals surface area contributed by atoms with E-state index in [1.54, 1.807) is 30.0 Å². The Morgan fingerprint density at radius 1 is 1.30 bits per heavy atom. The van der Waals surface area contributed by atoms with Gasteiger partial charge in [-0.3, -0.25) is 0 Å². The second-order valence-electron chi connectivity index (χ2n) is 4.59. The molecule has 1 unspecified atom stereocenters. The summed E-state index contributed by atoms with van der Waals surface area (Å²) < 4.78 is 1.77. The Balaban J connectivity index is 1.82. The van der Waals surface area contributed by atoms with Crippen molar-refractivity contribution in [1.82, 2.24) is 15.0 Å². The summed E-state index contributed by atoms with van der Waals surface area (Å²) >= 11 is 15.3. The monoisotopic (exact) mass is 386 g/mol. The zero-order valence-corrected chi connectivity index (χ0v) is 15.1. The molecule has 0 saturated heterocycles. The summed E-state index contributed by atoms with van der Waals surface area (Å²) in [7, 11) is 0. The van der Waals surface area contributed by atoms with Crippen molar-refractivity contribution in [2.24, 2.45) is 0 Å². The molecule has 2 heterocycles. The molecule has 3 rings (SSSR count). The SMILES string of the molecule is CSc1nc2ncnc(NCC(O)c3c(Cl)cccc3Cl)c2s1. The number of aliphatic hydroxyl groups excluding tert-OH is 1. The highest BCUT2D eigenvalue weighted by atomic mass is 35.5. The molecule has 0 aliphatic carbocycles. The van der Waals surface area contributed by atoms with Gasteiger partial charge in [0, 0.05) is 22.2 Å². The van der Waals surface area contributed by atoms with Gasteiger partial charge in [0.2, 0.25) is 0 Å². The third-order valence-electron chi connectivity index (χ3n) is 3.14. The van der Waals surface area contributed by atoms with Gasteiger partial charge in [-0.1, -0.05) is 41.0 Å². The number of thioether (sulfide) groups is 1. The van der Waals surface area contributed by atoms with Crippen molar-refractivity contribution in [2.75, 3.05) is 18.1 Å². The van der Waals surface area contributed by atoms with Crippen LogP contribution in [0, 0.1) is 0 Å². The van der Waals surface area contributed by atoms with Crippen LogP contribution in [0.3, 0.4) is 0 Å². The van der Waals surface area contributed by atoms with Crippen molar-refractivity contribution < 1.29 is 5.11 Å². The summed E-state index contributed by atoms with van der Waals surface area (Å²) in [6.07, 6.45) is 2.55. The van der Waals surface area contributed by atoms with Crippen LogP contribution >= 0.6 is 46.3 Å². The van der Waals surface area contributed by atoms with Crippen LogP contribution in [0.25, 0.3) is 10.3 Å². The number of aliphatic hydroxyl groups is 1. The molecule has 0 aliphatic rings. The van der Waals surface area contributed by atoms with Gasteiger partial charge in [-0.05, 0) is 18.4 Å². The number of nitrogens with zero attached hydrogens (tertiary/aromatic N) is 3. The number of hydrogen-bond acceptors (Lipinski definition) is 7. The Kier molecular flexibility index (Phi) is 5.23. The van der Waals surface area contributed by atoms with Gasteiger partial charge in [-0.25, -0.2) is 15.0 Å². The van der Waals surface area contributed by atoms with Crippen molar-refractivity contribution in [3.8, 4) is 0 Å². The first-order valence-electron chi connectivity index (χ1n) is 6.61. The topological polar surface area (TPSA) is 70.9 Å². The Morgan fingerprint density at radius 2 is 2.04 bits per heavy atom. The highest BCUT2D eigenvalue weighted by Crippen LogP contribution is 2.33. The van der Waals surface area contributed by atoms with Crippen LogP contribution in [-0.2, 0) is 0 Å². The van der Waals surface area contributed by atoms with Gasteiger partial charge < -0.3 is 10.4 Å². The largest absolute Gasteiger partial charge is 0.386 e. The van der Waals surface area contributed by atoms with E-state index < -0.39 is 6.10 Å². The van der Waals surface area contributed by atoms with Crippen molar-refractivity contribution in [1.29, 1.82) is 0 Å². The zero-order valence-electron chi connectivity index (χ0n) is 12.0. The van der Waals surface area contributed by atoms with Crippen molar-refractivity contribution in [3.63, 3.8) is 0 Å². The summed E-state index contributed by atoms with van der Waals surface area (Å²) in [5, 5.41) is 14.4. The van der Waals surface area contributed by atoms with Crippen molar-refractivity contribution in [2.45, 2.75) is 10.4 Å². The predicted octanol–water partition coefficient (Wildman–Crippen LogP) is 4.26. The molecule has 0 fully saturated rings. The van der Waals surface area contributed by atoms with E-state index in [-0.39, 0.29) is 6.54 Å². The molecule has 0 saturated carbocycles. The first kappa shape index (κ1) is 16.7. The number of hydrogen-bond donors (Lipinski definition) is 2. The number of anilines is 1. The highest BCUT2D eigenvalue weighted by Gasteiger charge is 2.17. The average Bonchev–Trinajstić information content (AvgIpc) is 2.96. The maximum atomic E-state index is 10.4. The lowest BCUT2D eigenvalue weighted by atomic mass is 10.1. The number of benzene rings is 1. The quantitative estimate of drug-likeness (QED) is 0.638. The second kappa shape index (κ2) is 7.19. The number of halogens is 2. The summed E-state index contributed by atoms with van der Waals surface area (Å²) in [4.78, 5) is 12.8. The molecule has 9 heteroatoms. The fourth-order valence-corrected chi connectivity index (χ4v) is 4.20. The van der Waals surface area contributed by atoms with Crippen LogP contribution in [-0.4, -0.2) is 32.9 Å². The van der Waals surface area contributed by atoms with E-state index in [9.17, 15) is 5.11 Å². The fraction of sp³-hybridized carbons (Fsp3) is 0.214. The minimum atomic E-state index is -0.853. The third-order valence-corrected chi connectivity index (χ3v) is 5.84. The number of rotatable bonds is 5. The number of aromatic nitrogens is 3. The first-order chi connectivity index (χ1) is 11.1. The van der Waals surface area contributed by atoms with Crippen LogP contribution in [0.15, 0.2) is 28.9 Å². The molecule has 0 aliphatic heterocycles. The molecule has 2 aromatic heterocycles. The first-order valence-corrected chi connectivity index (χ1v) is 9.41. The molecule has 1 aromatic carbocycles. The summed E-state index contributed by atoms with van der Waals surface area (Å²) in [5.74, 6) is 0.634. The van der Waals surface area contributed by atoms with E-state index in [1.165, 1.54) is 17.7 Å². The number of fused-ring (bicyclic) bond motifs is 1. The van der Waals surface area contributed by atoms with Gasteiger partial charge in [-0.2, -0.15) is 0 Å². The van der Waals surface area contributed by atoms with Crippen LogP contribution in [0.5, 0.6) is 0 Å².